The molecule has 0 bridgehead atoms. The summed E-state index contributed by atoms with van der Waals surface area (Å²) in [5, 5.41) is 12.0. The summed E-state index contributed by atoms with van der Waals surface area (Å²) in [5.74, 6) is -1.14. The van der Waals surface area contributed by atoms with Gasteiger partial charge in [-0.05, 0) is 18.8 Å². The minimum Gasteiger partial charge on any atom is -0.481 e. The van der Waals surface area contributed by atoms with Gasteiger partial charge in [0.25, 0.3) is 0 Å². The third-order valence-electron chi connectivity index (χ3n) is 3.71. The van der Waals surface area contributed by atoms with Crippen molar-refractivity contribution >= 4 is 11.9 Å². The topological polar surface area (TPSA) is 92.4 Å². The predicted octanol–water partition coefficient (Wildman–Crippen LogP) is 1.12. The molecular weight excluding hydrogens is 232 g/mol. The Morgan fingerprint density at radius 1 is 1.33 bits per heavy atom. The van der Waals surface area contributed by atoms with E-state index in [2.05, 4.69) is 5.32 Å². The Hall–Kier alpha value is -1.10. The third kappa shape index (κ3) is 4.29. The second-order valence-electron chi connectivity index (χ2n) is 5.52. The number of aliphatic carboxylic acids is 1. The van der Waals surface area contributed by atoms with Crippen LogP contribution in [0.15, 0.2) is 0 Å². The molecule has 1 fully saturated rings. The van der Waals surface area contributed by atoms with Crippen molar-refractivity contribution in [3.05, 3.63) is 0 Å². The SMILES string of the molecule is CC(C)C(N)CC(=O)NC1CCCCC1C(=O)O. The summed E-state index contributed by atoms with van der Waals surface area (Å²) in [6, 6.07) is -0.403. The molecule has 0 aromatic heterocycles. The highest BCUT2D eigenvalue weighted by Crippen LogP contribution is 2.24. The highest BCUT2D eigenvalue weighted by Gasteiger charge is 2.31. The van der Waals surface area contributed by atoms with E-state index in [9.17, 15) is 9.59 Å². The monoisotopic (exact) mass is 256 g/mol. The van der Waals surface area contributed by atoms with Gasteiger partial charge in [0.05, 0.1) is 5.92 Å². The third-order valence-corrected chi connectivity index (χ3v) is 3.71. The number of carbonyl (C=O) groups excluding carboxylic acids is 1. The largest absolute Gasteiger partial charge is 0.481 e. The Labute approximate surface area is 108 Å². The van der Waals surface area contributed by atoms with Gasteiger partial charge in [0, 0.05) is 18.5 Å². The molecule has 0 aromatic rings. The van der Waals surface area contributed by atoms with Crippen molar-refractivity contribution in [2.75, 3.05) is 0 Å². The first-order valence-corrected chi connectivity index (χ1v) is 6.69. The van der Waals surface area contributed by atoms with Crippen LogP contribution < -0.4 is 11.1 Å². The lowest BCUT2D eigenvalue weighted by Crippen LogP contribution is -2.46. The van der Waals surface area contributed by atoms with Gasteiger partial charge < -0.3 is 16.2 Å². The van der Waals surface area contributed by atoms with Gasteiger partial charge in [-0.1, -0.05) is 26.7 Å². The first kappa shape index (κ1) is 15.0. The van der Waals surface area contributed by atoms with Gasteiger partial charge in [-0.3, -0.25) is 9.59 Å². The molecule has 0 saturated heterocycles. The average molecular weight is 256 g/mol. The standard InChI is InChI=1S/C13H24N2O3/c1-8(2)10(14)7-12(16)15-11-6-4-3-5-9(11)13(17)18/h8-11H,3-7,14H2,1-2H3,(H,15,16)(H,17,18). The van der Waals surface area contributed by atoms with E-state index in [0.29, 0.717) is 6.42 Å². The maximum Gasteiger partial charge on any atom is 0.308 e. The molecule has 3 unspecified atom stereocenters. The van der Waals surface area contributed by atoms with Crippen molar-refractivity contribution in [2.24, 2.45) is 17.6 Å². The fourth-order valence-corrected chi connectivity index (χ4v) is 2.31. The number of carbonyl (C=O) groups is 2. The molecule has 5 heteroatoms. The van der Waals surface area contributed by atoms with E-state index in [-0.39, 0.29) is 30.3 Å². The lowest BCUT2D eigenvalue weighted by atomic mass is 9.84. The Morgan fingerprint density at radius 2 is 1.94 bits per heavy atom. The van der Waals surface area contributed by atoms with E-state index < -0.39 is 11.9 Å². The molecule has 3 atom stereocenters. The fraction of sp³-hybridized carbons (Fsp3) is 0.846. The number of rotatable bonds is 5. The smallest absolute Gasteiger partial charge is 0.308 e. The van der Waals surface area contributed by atoms with E-state index in [1.54, 1.807) is 0 Å². The lowest BCUT2D eigenvalue weighted by molar-refractivity contribution is -0.144. The molecule has 1 saturated carbocycles. The molecule has 0 radical (unpaired) electrons. The highest BCUT2D eigenvalue weighted by atomic mass is 16.4. The van der Waals surface area contributed by atoms with Crippen LogP contribution in [0.2, 0.25) is 0 Å². The van der Waals surface area contributed by atoms with Crippen molar-refractivity contribution in [3.63, 3.8) is 0 Å². The number of nitrogens with two attached hydrogens (primary N) is 1. The number of hydrogen-bond donors (Lipinski definition) is 3. The predicted molar refractivity (Wildman–Crippen MR) is 69.0 cm³/mol. The number of carboxylic acid groups (broad SMARTS) is 1. The number of carboxylic acids is 1. The highest BCUT2D eigenvalue weighted by molar-refractivity contribution is 5.78. The van der Waals surface area contributed by atoms with Crippen LogP contribution in [-0.4, -0.2) is 29.1 Å². The molecule has 1 rings (SSSR count). The maximum absolute atomic E-state index is 11.8. The molecular formula is C13H24N2O3. The second kappa shape index (κ2) is 6.73. The van der Waals surface area contributed by atoms with Gasteiger partial charge in [0.1, 0.15) is 0 Å². The van der Waals surface area contributed by atoms with Crippen molar-refractivity contribution in [1.82, 2.24) is 5.32 Å². The first-order valence-electron chi connectivity index (χ1n) is 6.69. The van der Waals surface area contributed by atoms with Crippen LogP contribution in [-0.2, 0) is 9.59 Å². The summed E-state index contributed by atoms with van der Waals surface area (Å²) in [7, 11) is 0. The number of amides is 1. The van der Waals surface area contributed by atoms with Crippen LogP contribution in [0.4, 0.5) is 0 Å². The normalized spacial score (nSPS) is 25.8. The van der Waals surface area contributed by atoms with Gasteiger partial charge in [-0.15, -0.1) is 0 Å². The molecule has 0 heterocycles. The maximum atomic E-state index is 11.8. The molecule has 1 aliphatic carbocycles. The molecule has 0 aromatic carbocycles. The summed E-state index contributed by atoms with van der Waals surface area (Å²) in [6.07, 6.45) is 3.57. The van der Waals surface area contributed by atoms with Crippen LogP contribution >= 0.6 is 0 Å². The minimum absolute atomic E-state index is 0.130. The van der Waals surface area contributed by atoms with Crippen molar-refractivity contribution in [2.45, 2.75) is 58.0 Å². The van der Waals surface area contributed by atoms with E-state index in [0.717, 1.165) is 19.3 Å². The quantitative estimate of drug-likeness (QED) is 0.687. The van der Waals surface area contributed by atoms with E-state index in [1.807, 2.05) is 13.8 Å². The summed E-state index contributed by atoms with van der Waals surface area (Å²) >= 11 is 0. The Morgan fingerprint density at radius 3 is 2.50 bits per heavy atom. The van der Waals surface area contributed by atoms with Gasteiger partial charge in [-0.2, -0.15) is 0 Å². The van der Waals surface area contributed by atoms with Crippen molar-refractivity contribution in [1.29, 1.82) is 0 Å². The Kier molecular flexibility index (Phi) is 5.59. The van der Waals surface area contributed by atoms with E-state index in [4.69, 9.17) is 10.8 Å². The molecule has 104 valence electrons. The molecule has 18 heavy (non-hydrogen) atoms. The van der Waals surface area contributed by atoms with Crippen LogP contribution in [0.5, 0.6) is 0 Å². The van der Waals surface area contributed by atoms with E-state index in [1.165, 1.54) is 0 Å². The van der Waals surface area contributed by atoms with Crippen LogP contribution in [0.25, 0.3) is 0 Å². The Balaban J connectivity index is 2.48. The zero-order chi connectivity index (χ0) is 13.7. The zero-order valence-corrected chi connectivity index (χ0v) is 11.2. The van der Waals surface area contributed by atoms with Crippen LogP contribution in [0, 0.1) is 11.8 Å². The fourth-order valence-electron chi connectivity index (χ4n) is 2.31. The summed E-state index contributed by atoms with van der Waals surface area (Å²) < 4.78 is 0. The van der Waals surface area contributed by atoms with Gasteiger partial charge in [0.2, 0.25) is 5.91 Å². The molecule has 0 spiro atoms. The molecule has 4 N–H and O–H groups in total. The van der Waals surface area contributed by atoms with E-state index >= 15 is 0 Å². The lowest BCUT2D eigenvalue weighted by Gasteiger charge is -2.29. The Bertz CT molecular complexity index is 305. The molecule has 1 aliphatic rings. The van der Waals surface area contributed by atoms with Gasteiger partial charge in [0.15, 0.2) is 0 Å². The first-order chi connectivity index (χ1) is 8.41. The molecule has 5 nitrogen and oxygen atoms in total. The summed E-state index contributed by atoms with van der Waals surface area (Å²) in [5.41, 5.74) is 5.84. The minimum atomic E-state index is -0.812. The number of nitrogens with one attached hydrogen (secondary N) is 1. The summed E-state index contributed by atoms with van der Waals surface area (Å²) in [4.78, 5) is 22.9. The number of hydrogen-bond acceptors (Lipinski definition) is 3. The van der Waals surface area contributed by atoms with Crippen molar-refractivity contribution in [3.8, 4) is 0 Å². The van der Waals surface area contributed by atoms with Crippen LogP contribution in [0.1, 0.15) is 46.0 Å². The zero-order valence-electron chi connectivity index (χ0n) is 11.2. The second-order valence-corrected chi connectivity index (χ2v) is 5.52. The van der Waals surface area contributed by atoms with Crippen LogP contribution in [0.3, 0.4) is 0 Å². The van der Waals surface area contributed by atoms with Crippen molar-refractivity contribution < 1.29 is 14.7 Å². The van der Waals surface area contributed by atoms with Gasteiger partial charge in [-0.25, -0.2) is 0 Å². The summed E-state index contributed by atoms with van der Waals surface area (Å²) in [6.45, 7) is 3.94. The molecule has 1 amide bonds. The molecule has 0 aliphatic heterocycles. The average Bonchev–Trinajstić information content (AvgIpc) is 2.28. The van der Waals surface area contributed by atoms with Gasteiger partial charge >= 0.3 is 5.97 Å².